The number of rotatable bonds is 11. The monoisotopic (exact) mass is 483 g/mol. The molecule has 8 nitrogen and oxygen atoms in total. The zero-order chi connectivity index (χ0) is 20.5. The molecular weight excluding hydrogens is 460 g/mol. The summed E-state index contributed by atoms with van der Waals surface area (Å²) in [4.78, 5) is 26.2. The lowest BCUT2D eigenvalue weighted by atomic mass is 10.1. The van der Waals surface area contributed by atoms with Gasteiger partial charge in [0.2, 0.25) is 0 Å². The molecule has 1 rings (SSSR count). The van der Waals surface area contributed by atoms with Crippen LogP contribution >= 0.6 is 31.6 Å². The summed E-state index contributed by atoms with van der Waals surface area (Å²) in [5.74, 6) is 0. The van der Waals surface area contributed by atoms with Gasteiger partial charge in [-0.1, -0.05) is 45.3 Å². The summed E-state index contributed by atoms with van der Waals surface area (Å²) in [5.41, 5.74) is 3.11. The van der Waals surface area contributed by atoms with Gasteiger partial charge in [-0.2, -0.15) is 4.31 Å². The fourth-order valence-corrected chi connectivity index (χ4v) is 3.92. The van der Waals surface area contributed by atoms with Crippen molar-refractivity contribution in [2.75, 3.05) is 18.5 Å². The molecule has 0 saturated carbocycles. The molecule has 152 valence electrons. The molecule has 11 heteroatoms. The van der Waals surface area contributed by atoms with Gasteiger partial charge in [-0.25, -0.2) is 9.13 Å². The molecule has 0 spiro atoms. The van der Waals surface area contributed by atoms with Crippen molar-refractivity contribution in [3.63, 3.8) is 0 Å². The number of benzene rings is 1. The summed E-state index contributed by atoms with van der Waals surface area (Å²) in [6.45, 7) is 4.29. The van der Waals surface area contributed by atoms with Gasteiger partial charge in [0, 0.05) is 16.7 Å². The predicted octanol–water partition coefficient (Wildman–Crippen LogP) is 4.76. The van der Waals surface area contributed by atoms with E-state index in [4.69, 9.17) is 14.7 Å². The molecule has 0 aromatic heterocycles. The molecule has 1 unspecified atom stereocenters. The van der Waals surface area contributed by atoms with Crippen LogP contribution in [-0.2, 0) is 18.0 Å². The van der Waals surface area contributed by atoms with E-state index in [9.17, 15) is 9.13 Å². The number of anilines is 1. The van der Waals surface area contributed by atoms with Crippen LogP contribution in [0.1, 0.15) is 26.7 Å². The topological polar surface area (TPSA) is 125 Å². The standard InChI is InChI=1S/C16H24BrNO7P2/c1-13(9-10-24-27(22,23)25-26(19,20)21)5-3-6-14(2)12-18-16-8-4-7-15(17)11-16/h4,6-9,11,18H,3,5,10,12H2,1-2H3,(H,22,23)(H2,19,20,21). The van der Waals surface area contributed by atoms with Gasteiger partial charge in [0.1, 0.15) is 0 Å². The molecule has 1 aromatic carbocycles. The number of nitrogens with one attached hydrogen (secondary N) is 1. The summed E-state index contributed by atoms with van der Waals surface area (Å²) < 4.78 is 31.0. The van der Waals surface area contributed by atoms with E-state index in [1.165, 1.54) is 5.57 Å². The Morgan fingerprint density at radius 1 is 1.19 bits per heavy atom. The molecule has 0 aliphatic rings. The molecule has 1 aromatic rings. The summed E-state index contributed by atoms with van der Waals surface area (Å²) in [7, 11) is -9.87. The fourth-order valence-electron chi connectivity index (χ4n) is 1.99. The molecule has 0 bridgehead atoms. The smallest absolute Gasteiger partial charge is 0.381 e. The van der Waals surface area contributed by atoms with Gasteiger partial charge in [0.25, 0.3) is 0 Å². The van der Waals surface area contributed by atoms with Crippen molar-refractivity contribution in [1.29, 1.82) is 0 Å². The summed E-state index contributed by atoms with van der Waals surface area (Å²) in [6, 6.07) is 7.90. The van der Waals surface area contributed by atoms with E-state index >= 15 is 0 Å². The third-order valence-electron chi connectivity index (χ3n) is 3.31. The normalized spacial score (nSPS) is 15.5. The molecule has 1 atom stereocenters. The number of hydrogen-bond donors (Lipinski definition) is 4. The Morgan fingerprint density at radius 3 is 2.52 bits per heavy atom. The SMILES string of the molecule is CC(=CCOP(=O)(O)OP(=O)(O)O)CCC=C(C)CNc1cccc(Br)c1. The Bertz CT molecular complexity index is 776. The number of hydrogen-bond acceptors (Lipinski definition) is 5. The van der Waals surface area contributed by atoms with E-state index < -0.39 is 15.6 Å². The molecule has 0 heterocycles. The van der Waals surface area contributed by atoms with Crippen LogP contribution in [0.2, 0.25) is 0 Å². The first-order valence-electron chi connectivity index (χ1n) is 8.02. The van der Waals surface area contributed by atoms with Crippen molar-refractivity contribution in [1.82, 2.24) is 0 Å². The second-order valence-electron chi connectivity index (χ2n) is 5.84. The highest BCUT2D eigenvalue weighted by Crippen LogP contribution is 2.57. The van der Waals surface area contributed by atoms with Gasteiger partial charge in [-0.3, -0.25) is 4.52 Å². The van der Waals surface area contributed by atoms with Crippen LogP contribution in [-0.4, -0.2) is 27.8 Å². The van der Waals surface area contributed by atoms with Crippen LogP contribution in [0.5, 0.6) is 0 Å². The Hall–Kier alpha value is -0.760. The molecule has 0 aliphatic carbocycles. The number of phosphoric acid groups is 2. The highest BCUT2D eigenvalue weighted by molar-refractivity contribution is 9.10. The number of phosphoric ester groups is 1. The third-order valence-corrected chi connectivity index (χ3v) is 5.95. The zero-order valence-electron chi connectivity index (χ0n) is 15.0. The zero-order valence-corrected chi connectivity index (χ0v) is 18.4. The van der Waals surface area contributed by atoms with Crippen LogP contribution in [0.3, 0.4) is 0 Å². The van der Waals surface area contributed by atoms with E-state index in [0.717, 1.165) is 28.7 Å². The van der Waals surface area contributed by atoms with Crippen molar-refractivity contribution in [3.8, 4) is 0 Å². The quantitative estimate of drug-likeness (QED) is 0.262. The Kier molecular flexibility index (Phi) is 10.2. The van der Waals surface area contributed by atoms with E-state index in [1.54, 1.807) is 6.08 Å². The van der Waals surface area contributed by atoms with Crippen LogP contribution in [0.25, 0.3) is 0 Å². The molecule has 0 saturated heterocycles. The maximum atomic E-state index is 11.3. The van der Waals surface area contributed by atoms with Crippen LogP contribution in [0.4, 0.5) is 5.69 Å². The van der Waals surface area contributed by atoms with Crippen LogP contribution in [0.15, 0.2) is 52.0 Å². The van der Waals surface area contributed by atoms with Crippen molar-refractivity contribution < 1.29 is 32.6 Å². The molecule has 0 radical (unpaired) electrons. The van der Waals surface area contributed by atoms with Gasteiger partial charge < -0.3 is 20.0 Å². The van der Waals surface area contributed by atoms with Crippen molar-refractivity contribution in [2.45, 2.75) is 26.7 Å². The van der Waals surface area contributed by atoms with Crippen molar-refractivity contribution in [2.24, 2.45) is 0 Å². The fraction of sp³-hybridized carbons (Fsp3) is 0.375. The summed E-state index contributed by atoms with van der Waals surface area (Å²) in [5, 5.41) is 3.32. The van der Waals surface area contributed by atoms with E-state index in [-0.39, 0.29) is 6.61 Å². The van der Waals surface area contributed by atoms with Gasteiger partial charge in [0.15, 0.2) is 0 Å². The average Bonchev–Trinajstić information content (AvgIpc) is 2.50. The highest BCUT2D eigenvalue weighted by Gasteiger charge is 2.31. The van der Waals surface area contributed by atoms with E-state index in [2.05, 4.69) is 36.2 Å². The Morgan fingerprint density at radius 2 is 1.89 bits per heavy atom. The maximum Gasteiger partial charge on any atom is 0.481 e. The first kappa shape index (κ1) is 24.3. The molecule has 0 amide bonds. The summed E-state index contributed by atoms with van der Waals surface area (Å²) in [6.07, 6.45) is 5.16. The highest BCUT2D eigenvalue weighted by atomic mass is 79.9. The summed E-state index contributed by atoms with van der Waals surface area (Å²) >= 11 is 3.42. The van der Waals surface area contributed by atoms with Crippen molar-refractivity contribution in [3.05, 3.63) is 52.0 Å². The molecular formula is C16H24BrNO7P2. The predicted molar refractivity (Wildman–Crippen MR) is 108 cm³/mol. The van der Waals surface area contributed by atoms with Gasteiger partial charge >= 0.3 is 15.6 Å². The minimum atomic E-state index is -5.09. The Balaban J connectivity index is 2.34. The van der Waals surface area contributed by atoms with Gasteiger partial charge in [-0.15, -0.1) is 0 Å². The Labute approximate surface area is 167 Å². The lowest BCUT2D eigenvalue weighted by molar-refractivity contribution is 0.191. The van der Waals surface area contributed by atoms with E-state index in [0.29, 0.717) is 6.42 Å². The molecule has 0 fully saturated rings. The van der Waals surface area contributed by atoms with E-state index in [1.807, 2.05) is 38.1 Å². The lowest BCUT2D eigenvalue weighted by Crippen LogP contribution is -2.02. The number of halogens is 1. The minimum absolute atomic E-state index is 0.285. The van der Waals surface area contributed by atoms with Crippen LogP contribution in [0, 0.1) is 0 Å². The average molecular weight is 484 g/mol. The minimum Gasteiger partial charge on any atom is -0.381 e. The van der Waals surface area contributed by atoms with Gasteiger partial charge in [-0.05, 0) is 44.9 Å². The van der Waals surface area contributed by atoms with Crippen LogP contribution < -0.4 is 5.32 Å². The molecule has 27 heavy (non-hydrogen) atoms. The largest absolute Gasteiger partial charge is 0.481 e. The van der Waals surface area contributed by atoms with Crippen molar-refractivity contribution >= 4 is 37.3 Å². The first-order chi connectivity index (χ1) is 12.5. The second-order valence-corrected chi connectivity index (χ2v) is 9.59. The third kappa shape index (κ3) is 12.3. The number of allylic oxidation sites excluding steroid dienone is 2. The second kappa shape index (κ2) is 11.3. The first-order valence-corrected chi connectivity index (χ1v) is 11.8. The van der Waals surface area contributed by atoms with Gasteiger partial charge in [0.05, 0.1) is 6.61 Å². The molecule has 0 aliphatic heterocycles. The molecule has 4 N–H and O–H groups in total. The maximum absolute atomic E-state index is 11.3. The lowest BCUT2D eigenvalue weighted by Gasteiger charge is -2.11.